The van der Waals surface area contributed by atoms with Crippen LogP contribution >= 0.6 is 0 Å². The Morgan fingerprint density at radius 1 is 1.27 bits per heavy atom. The van der Waals surface area contributed by atoms with Crippen molar-refractivity contribution in [3.05, 3.63) is 0 Å². The first-order valence-electron chi connectivity index (χ1n) is 5.18. The molecule has 0 aromatic rings. The molecule has 0 bridgehead atoms. The number of carbonyl (C=O) groups is 2. The summed E-state index contributed by atoms with van der Waals surface area (Å²) in [6.45, 7) is 1.60. The average Bonchev–Trinajstić information content (AvgIpc) is 2.17. The van der Waals surface area contributed by atoms with Gasteiger partial charge in [0.1, 0.15) is 0 Å². The Hall–Kier alpha value is -1.10. The van der Waals surface area contributed by atoms with Crippen LogP contribution in [0.3, 0.4) is 0 Å². The van der Waals surface area contributed by atoms with Crippen LogP contribution in [0.15, 0.2) is 0 Å². The number of nitrogens with one attached hydrogen (secondary N) is 1. The van der Waals surface area contributed by atoms with Gasteiger partial charge in [-0.3, -0.25) is 9.59 Å². The van der Waals surface area contributed by atoms with Crippen LogP contribution in [-0.2, 0) is 9.59 Å². The number of hydrogen-bond acceptors (Lipinski definition) is 3. The van der Waals surface area contributed by atoms with Crippen LogP contribution in [0.1, 0.15) is 25.7 Å². The molecule has 0 saturated carbocycles. The SMILES string of the molecule is CNCCCN(C)C(=O)CCCC(=O)O. The quantitative estimate of drug-likeness (QED) is 0.573. The normalized spacial score (nSPS) is 10.0. The van der Waals surface area contributed by atoms with Crippen molar-refractivity contribution in [3.63, 3.8) is 0 Å². The smallest absolute Gasteiger partial charge is 0.303 e. The molecule has 0 rings (SSSR count). The zero-order chi connectivity index (χ0) is 11.7. The Morgan fingerprint density at radius 3 is 2.47 bits per heavy atom. The van der Waals surface area contributed by atoms with Crippen LogP contribution in [-0.4, -0.2) is 49.1 Å². The minimum absolute atomic E-state index is 0.0207. The standard InChI is InChI=1S/C10H20N2O3/c1-11-7-4-8-12(2)9(13)5-3-6-10(14)15/h11H,3-8H2,1-2H3,(H,14,15). The second-order valence-corrected chi connectivity index (χ2v) is 3.52. The average molecular weight is 216 g/mol. The number of carbonyl (C=O) groups excluding carboxylic acids is 1. The lowest BCUT2D eigenvalue weighted by Crippen LogP contribution is -2.29. The molecule has 1 amide bonds. The highest BCUT2D eigenvalue weighted by molar-refractivity contribution is 5.76. The number of nitrogens with zero attached hydrogens (tertiary/aromatic N) is 1. The number of hydrogen-bond donors (Lipinski definition) is 2. The van der Waals surface area contributed by atoms with Crippen molar-refractivity contribution in [1.29, 1.82) is 0 Å². The van der Waals surface area contributed by atoms with E-state index in [2.05, 4.69) is 5.32 Å². The molecule has 2 N–H and O–H groups in total. The third-order valence-corrected chi connectivity index (χ3v) is 2.13. The zero-order valence-corrected chi connectivity index (χ0v) is 9.45. The van der Waals surface area contributed by atoms with Crippen LogP contribution in [0.5, 0.6) is 0 Å². The van der Waals surface area contributed by atoms with Crippen LogP contribution in [0.4, 0.5) is 0 Å². The molecule has 88 valence electrons. The lowest BCUT2D eigenvalue weighted by atomic mass is 10.2. The number of rotatable bonds is 8. The van der Waals surface area contributed by atoms with Gasteiger partial charge in [0.2, 0.25) is 5.91 Å². The molecule has 0 aliphatic rings. The minimum atomic E-state index is -0.847. The fourth-order valence-corrected chi connectivity index (χ4v) is 1.20. The molecular weight excluding hydrogens is 196 g/mol. The van der Waals surface area contributed by atoms with Crippen molar-refractivity contribution < 1.29 is 14.7 Å². The van der Waals surface area contributed by atoms with Crippen molar-refractivity contribution in [1.82, 2.24) is 10.2 Å². The summed E-state index contributed by atoms with van der Waals surface area (Å²) in [6.07, 6.45) is 1.72. The first kappa shape index (κ1) is 13.9. The summed E-state index contributed by atoms with van der Waals surface area (Å²) in [5.74, 6) is -0.826. The first-order chi connectivity index (χ1) is 7.07. The van der Waals surface area contributed by atoms with Gasteiger partial charge in [0, 0.05) is 26.4 Å². The predicted octanol–water partition coefficient (Wildman–Crippen LogP) is 0.309. The largest absolute Gasteiger partial charge is 0.481 e. The summed E-state index contributed by atoms with van der Waals surface area (Å²) in [7, 11) is 3.62. The van der Waals surface area contributed by atoms with Crippen LogP contribution in [0.25, 0.3) is 0 Å². The molecule has 0 saturated heterocycles. The molecule has 0 fully saturated rings. The maximum Gasteiger partial charge on any atom is 0.303 e. The van der Waals surface area contributed by atoms with E-state index < -0.39 is 5.97 Å². The summed E-state index contributed by atoms with van der Waals surface area (Å²) >= 11 is 0. The van der Waals surface area contributed by atoms with E-state index in [0.29, 0.717) is 19.4 Å². The molecule has 0 atom stereocenters. The predicted molar refractivity (Wildman–Crippen MR) is 57.7 cm³/mol. The van der Waals surface area contributed by atoms with E-state index >= 15 is 0 Å². The van der Waals surface area contributed by atoms with Gasteiger partial charge >= 0.3 is 5.97 Å². The monoisotopic (exact) mass is 216 g/mol. The summed E-state index contributed by atoms with van der Waals surface area (Å²) in [5, 5.41) is 11.4. The van der Waals surface area contributed by atoms with Gasteiger partial charge in [0.15, 0.2) is 0 Å². The molecule has 15 heavy (non-hydrogen) atoms. The molecule has 0 spiro atoms. The van der Waals surface area contributed by atoms with Gasteiger partial charge in [0.05, 0.1) is 0 Å². The molecule has 5 nitrogen and oxygen atoms in total. The van der Waals surface area contributed by atoms with E-state index in [-0.39, 0.29) is 12.3 Å². The molecule has 0 radical (unpaired) electrons. The Bertz CT molecular complexity index is 207. The van der Waals surface area contributed by atoms with Crippen molar-refractivity contribution >= 4 is 11.9 Å². The van der Waals surface area contributed by atoms with Gasteiger partial charge in [-0.2, -0.15) is 0 Å². The molecule has 0 unspecified atom stereocenters. The van der Waals surface area contributed by atoms with Gasteiger partial charge in [-0.1, -0.05) is 0 Å². The Kier molecular flexibility index (Phi) is 7.62. The second kappa shape index (κ2) is 8.23. The molecule has 0 aromatic heterocycles. The van der Waals surface area contributed by atoms with Gasteiger partial charge in [-0.25, -0.2) is 0 Å². The van der Waals surface area contributed by atoms with E-state index in [4.69, 9.17) is 5.11 Å². The highest BCUT2D eigenvalue weighted by atomic mass is 16.4. The minimum Gasteiger partial charge on any atom is -0.481 e. The number of aliphatic carboxylic acids is 1. The third-order valence-electron chi connectivity index (χ3n) is 2.13. The molecule has 0 aliphatic carbocycles. The fourth-order valence-electron chi connectivity index (χ4n) is 1.20. The van der Waals surface area contributed by atoms with Gasteiger partial charge in [-0.15, -0.1) is 0 Å². The van der Waals surface area contributed by atoms with Crippen LogP contribution < -0.4 is 5.32 Å². The maximum atomic E-state index is 11.4. The van der Waals surface area contributed by atoms with E-state index in [9.17, 15) is 9.59 Å². The molecule has 5 heteroatoms. The third kappa shape index (κ3) is 7.93. The molecule has 0 heterocycles. The van der Waals surface area contributed by atoms with Crippen LogP contribution in [0.2, 0.25) is 0 Å². The van der Waals surface area contributed by atoms with Crippen LogP contribution in [0, 0.1) is 0 Å². The van der Waals surface area contributed by atoms with E-state index in [0.717, 1.165) is 13.0 Å². The van der Waals surface area contributed by atoms with E-state index in [1.165, 1.54) is 0 Å². The lowest BCUT2D eigenvalue weighted by molar-refractivity contribution is -0.137. The highest BCUT2D eigenvalue weighted by Gasteiger charge is 2.08. The van der Waals surface area contributed by atoms with E-state index in [1.54, 1.807) is 11.9 Å². The number of amides is 1. The zero-order valence-electron chi connectivity index (χ0n) is 9.45. The van der Waals surface area contributed by atoms with Gasteiger partial charge < -0.3 is 15.3 Å². The second-order valence-electron chi connectivity index (χ2n) is 3.52. The van der Waals surface area contributed by atoms with Crippen molar-refractivity contribution in [2.75, 3.05) is 27.2 Å². The number of carboxylic acids is 1. The molecule has 0 aliphatic heterocycles. The summed E-state index contributed by atoms with van der Waals surface area (Å²) in [6, 6.07) is 0. The van der Waals surface area contributed by atoms with Gasteiger partial charge in [-0.05, 0) is 26.4 Å². The summed E-state index contributed by atoms with van der Waals surface area (Å²) < 4.78 is 0. The van der Waals surface area contributed by atoms with E-state index in [1.807, 2.05) is 7.05 Å². The first-order valence-corrected chi connectivity index (χ1v) is 5.18. The van der Waals surface area contributed by atoms with Crippen molar-refractivity contribution in [2.24, 2.45) is 0 Å². The Labute approximate surface area is 90.5 Å². The molecular formula is C10H20N2O3. The summed E-state index contributed by atoms with van der Waals surface area (Å²) in [5.41, 5.74) is 0. The Morgan fingerprint density at radius 2 is 1.93 bits per heavy atom. The highest BCUT2D eigenvalue weighted by Crippen LogP contribution is 2.00. The Balaban J connectivity index is 3.55. The number of carboxylic acid groups (broad SMARTS) is 1. The fraction of sp³-hybridized carbons (Fsp3) is 0.800. The topological polar surface area (TPSA) is 69.6 Å². The molecule has 0 aromatic carbocycles. The van der Waals surface area contributed by atoms with Crippen molar-refractivity contribution in [3.8, 4) is 0 Å². The maximum absolute atomic E-state index is 11.4. The van der Waals surface area contributed by atoms with Crippen molar-refractivity contribution in [2.45, 2.75) is 25.7 Å². The van der Waals surface area contributed by atoms with Gasteiger partial charge in [0.25, 0.3) is 0 Å². The lowest BCUT2D eigenvalue weighted by Gasteiger charge is -2.16. The summed E-state index contributed by atoms with van der Waals surface area (Å²) in [4.78, 5) is 23.3.